The largest absolute Gasteiger partial charge is 0.0654 e. The Morgan fingerprint density at radius 1 is 1.31 bits per heavy atom. The first-order chi connectivity index (χ1) is 6.18. The summed E-state index contributed by atoms with van der Waals surface area (Å²) in [7, 11) is 0. The number of fused-ring (bicyclic) bond motifs is 1. The van der Waals surface area contributed by atoms with E-state index in [0.717, 1.165) is 23.2 Å². The molecule has 4 unspecified atom stereocenters. The molecule has 0 aromatic heterocycles. The van der Waals surface area contributed by atoms with Crippen LogP contribution in [-0.2, 0) is 0 Å². The fraction of sp³-hybridized carbons (Fsp3) is 1.00. The minimum Gasteiger partial charge on any atom is -0.0654 e. The summed E-state index contributed by atoms with van der Waals surface area (Å²) in [4.78, 5) is 0. The molecular weight excluding hydrogens is 156 g/mol. The van der Waals surface area contributed by atoms with Gasteiger partial charge >= 0.3 is 0 Å². The first-order valence-electron chi connectivity index (χ1n) is 6.18. The lowest BCUT2D eigenvalue weighted by Crippen LogP contribution is -2.18. The van der Waals surface area contributed by atoms with Gasteiger partial charge in [-0.1, -0.05) is 40.5 Å². The summed E-state index contributed by atoms with van der Waals surface area (Å²) in [5.74, 6) is 4.26. The zero-order valence-corrected chi connectivity index (χ0v) is 9.64. The maximum Gasteiger partial charge on any atom is -0.0201 e. The van der Waals surface area contributed by atoms with Crippen LogP contribution in [0.2, 0.25) is 0 Å². The molecule has 0 radical (unpaired) electrons. The number of hydrogen-bond acceptors (Lipinski definition) is 0. The molecule has 76 valence electrons. The Morgan fingerprint density at radius 2 is 2.00 bits per heavy atom. The molecule has 0 amide bonds. The van der Waals surface area contributed by atoms with Crippen LogP contribution in [0.3, 0.4) is 0 Å². The molecule has 0 saturated heterocycles. The van der Waals surface area contributed by atoms with E-state index in [2.05, 4.69) is 27.7 Å². The van der Waals surface area contributed by atoms with Crippen molar-refractivity contribution >= 4 is 0 Å². The van der Waals surface area contributed by atoms with Gasteiger partial charge in [0.05, 0.1) is 0 Å². The second-order valence-corrected chi connectivity index (χ2v) is 5.58. The second-order valence-electron chi connectivity index (χ2n) is 5.58. The number of rotatable bonds is 5. The van der Waals surface area contributed by atoms with Crippen molar-refractivity contribution in [3.8, 4) is 0 Å². The maximum atomic E-state index is 2.42. The van der Waals surface area contributed by atoms with Gasteiger partial charge in [0.25, 0.3) is 0 Å². The minimum atomic E-state index is 0.874. The summed E-state index contributed by atoms with van der Waals surface area (Å²) in [5.41, 5.74) is 0.874. The van der Waals surface area contributed by atoms with E-state index in [0.29, 0.717) is 0 Å². The van der Waals surface area contributed by atoms with Gasteiger partial charge in [0.2, 0.25) is 0 Å². The lowest BCUT2D eigenvalue weighted by Gasteiger charge is -2.25. The molecule has 4 atom stereocenters. The van der Waals surface area contributed by atoms with E-state index < -0.39 is 0 Å². The average molecular weight is 180 g/mol. The zero-order valence-electron chi connectivity index (χ0n) is 9.64. The molecule has 0 N–H and O–H groups in total. The van der Waals surface area contributed by atoms with Crippen LogP contribution in [0.4, 0.5) is 0 Å². The van der Waals surface area contributed by atoms with Gasteiger partial charge in [0, 0.05) is 0 Å². The van der Waals surface area contributed by atoms with Gasteiger partial charge in [-0.25, -0.2) is 0 Å². The van der Waals surface area contributed by atoms with Crippen LogP contribution in [-0.4, -0.2) is 0 Å². The molecule has 0 heterocycles. The Kier molecular flexibility index (Phi) is 2.20. The zero-order chi connectivity index (χ0) is 9.64. The van der Waals surface area contributed by atoms with Gasteiger partial charge in [0.15, 0.2) is 0 Å². The predicted molar refractivity (Wildman–Crippen MR) is 57.6 cm³/mol. The summed E-state index contributed by atoms with van der Waals surface area (Å²) >= 11 is 0. The SMILES string of the molecule is CCCC1C2CC12C(CC)C(C)C. The third kappa shape index (κ3) is 1.17. The first-order valence-corrected chi connectivity index (χ1v) is 6.18. The highest BCUT2D eigenvalue weighted by Crippen LogP contribution is 2.85. The average Bonchev–Trinajstić information content (AvgIpc) is 2.89. The van der Waals surface area contributed by atoms with E-state index in [1.54, 1.807) is 6.42 Å². The molecular formula is C13H24. The van der Waals surface area contributed by atoms with Crippen molar-refractivity contribution in [3.05, 3.63) is 0 Å². The highest BCUT2D eigenvalue weighted by molar-refractivity contribution is 5.27. The maximum absolute atomic E-state index is 2.42. The van der Waals surface area contributed by atoms with E-state index in [4.69, 9.17) is 0 Å². The molecule has 0 aromatic carbocycles. The van der Waals surface area contributed by atoms with Crippen LogP contribution in [0.5, 0.6) is 0 Å². The van der Waals surface area contributed by atoms with Crippen LogP contribution in [0.1, 0.15) is 53.4 Å². The molecule has 0 aliphatic heterocycles. The Morgan fingerprint density at radius 3 is 2.38 bits per heavy atom. The van der Waals surface area contributed by atoms with Crippen molar-refractivity contribution in [2.45, 2.75) is 53.4 Å². The highest BCUT2D eigenvalue weighted by Gasteiger charge is 2.79. The van der Waals surface area contributed by atoms with E-state index in [-0.39, 0.29) is 0 Å². The van der Waals surface area contributed by atoms with E-state index in [1.165, 1.54) is 25.2 Å². The van der Waals surface area contributed by atoms with Crippen LogP contribution in [0, 0.1) is 29.1 Å². The smallest absolute Gasteiger partial charge is 0.0201 e. The second kappa shape index (κ2) is 3.00. The molecule has 2 rings (SSSR count). The summed E-state index contributed by atoms with van der Waals surface area (Å²) in [6.07, 6.45) is 5.90. The molecule has 2 saturated carbocycles. The van der Waals surface area contributed by atoms with Crippen LogP contribution in [0.15, 0.2) is 0 Å². The summed E-state index contributed by atoms with van der Waals surface area (Å²) in [6, 6.07) is 0. The van der Waals surface area contributed by atoms with Crippen molar-refractivity contribution < 1.29 is 0 Å². The lowest BCUT2D eigenvalue weighted by molar-refractivity contribution is 0.239. The monoisotopic (exact) mass is 180 g/mol. The van der Waals surface area contributed by atoms with Gasteiger partial charge < -0.3 is 0 Å². The molecule has 0 aromatic rings. The normalized spacial score (nSPS) is 43.2. The van der Waals surface area contributed by atoms with Crippen LogP contribution < -0.4 is 0 Å². The van der Waals surface area contributed by atoms with Crippen molar-refractivity contribution in [1.29, 1.82) is 0 Å². The van der Waals surface area contributed by atoms with Gasteiger partial charge in [-0.2, -0.15) is 0 Å². The lowest BCUT2D eigenvalue weighted by atomic mass is 9.80. The molecule has 0 nitrogen and oxygen atoms in total. The minimum absolute atomic E-state index is 0.874. The van der Waals surface area contributed by atoms with Crippen molar-refractivity contribution in [2.24, 2.45) is 29.1 Å². The Bertz CT molecular complexity index is 194. The van der Waals surface area contributed by atoms with Gasteiger partial charge in [-0.15, -0.1) is 0 Å². The van der Waals surface area contributed by atoms with E-state index >= 15 is 0 Å². The molecule has 0 spiro atoms. The third-order valence-corrected chi connectivity index (χ3v) is 4.71. The fourth-order valence-corrected chi connectivity index (χ4v) is 4.04. The third-order valence-electron chi connectivity index (χ3n) is 4.71. The fourth-order valence-electron chi connectivity index (χ4n) is 4.04. The predicted octanol–water partition coefficient (Wildman–Crippen LogP) is 4.10. The van der Waals surface area contributed by atoms with Crippen molar-refractivity contribution in [1.82, 2.24) is 0 Å². The van der Waals surface area contributed by atoms with E-state index in [9.17, 15) is 0 Å². The first kappa shape index (κ1) is 9.55. The molecule has 2 aliphatic carbocycles. The molecule has 0 bridgehead atoms. The summed E-state index contributed by atoms with van der Waals surface area (Å²) in [5, 5.41) is 0. The summed E-state index contributed by atoms with van der Waals surface area (Å²) in [6.45, 7) is 9.55. The molecule has 0 heteroatoms. The summed E-state index contributed by atoms with van der Waals surface area (Å²) < 4.78 is 0. The van der Waals surface area contributed by atoms with Gasteiger partial charge in [-0.05, 0) is 41.9 Å². The number of hydrogen-bond donors (Lipinski definition) is 0. The Hall–Kier alpha value is 0. The van der Waals surface area contributed by atoms with Crippen LogP contribution in [0.25, 0.3) is 0 Å². The van der Waals surface area contributed by atoms with Crippen LogP contribution >= 0.6 is 0 Å². The highest BCUT2D eigenvalue weighted by atomic mass is 14.8. The Balaban J connectivity index is 1.95. The van der Waals surface area contributed by atoms with Gasteiger partial charge in [0.1, 0.15) is 0 Å². The van der Waals surface area contributed by atoms with Crippen molar-refractivity contribution in [2.75, 3.05) is 0 Å². The standard InChI is InChI=1S/C13H24/c1-5-7-11-12-8-13(11,12)10(6-2)9(3)4/h9-12H,5-8H2,1-4H3. The Labute approximate surface area is 83.1 Å². The van der Waals surface area contributed by atoms with Gasteiger partial charge in [-0.3, -0.25) is 0 Å². The van der Waals surface area contributed by atoms with Crippen molar-refractivity contribution in [3.63, 3.8) is 0 Å². The van der Waals surface area contributed by atoms with E-state index in [1.807, 2.05) is 0 Å². The molecule has 13 heavy (non-hydrogen) atoms. The molecule has 2 aliphatic rings. The topological polar surface area (TPSA) is 0 Å². The molecule has 2 fully saturated rings. The quantitative estimate of drug-likeness (QED) is 0.597.